The van der Waals surface area contributed by atoms with Gasteiger partial charge in [-0.25, -0.2) is 0 Å². The van der Waals surface area contributed by atoms with Gasteiger partial charge in [-0.15, -0.1) is 0 Å². The molecule has 0 saturated heterocycles. The molecule has 0 spiro atoms. The Kier molecular flexibility index (Phi) is 9.93. The van der Waals surface area contributed by atoms with E-state index in [1.54, 1.807) is 0 Å². The number of aldehydes is 1. The van der Waals surface area contributed by atoms with Gasteiger partial charge in [0.15, 0.2) is 6.29 Å². The molecule has 31 heavy (non-hydrogen) atoms. The van der Waals surface area contributed by atoms with E-state index >= 15 is 0 Å². The highest BCUT2D eigenvalue weighted by molar-refractivity contribution is 5.82. The molecule has 1 aromatic carbocycles. The first-order valence-electron chi connectivity index (χ1n) is 10.7. The molecule has 1 aliphatic rings. The van der Waals surface area contributed by atoms with Gasteiger partial charge in [-0.05, 0) is 37.8 Å². The zero-order valence-electron chi connectivity index (χ0n) is 17.9. The van der Waals surface area contributed by atoms with Crippen LogP contribution in [0.2, 0.25) is 0 Å². The van der Waals surface area contributed by atoms with Crippen molar-refractivity contribution < 1.29 is 28.8 Å². The molecule has 9 heteroatoms. The standard InChI is InChI=1S/C22H30N2O7/c1-17(26)30-14-6-12-23(19-7-3-2-4-8-19)22(27)9-5-13-31-20-10-11-21(24(28)29)18(15-20)16-25/h10-11,15-16,19H,2-9,12-14H2,1H3. The van der Waals surface area contributed by atoms with Crippen LogP contribution in [0.25, 0.3) is 0 Å². The summed E-state index contributed by atoms with van der Waals surface area (Å²) in [6.07, 6.45) is 7.23. The Bertz CT molecular complexity index is 775. The number of carbonyl (C=O) groups excluding carboxylic acids is 3. The predicted molar refractivity (Wildman–Crippen MR) is 113 cm³/mol. The van der Waals surface area contributed by atoms with Crippen molar-refractivity contribution in [3.63, 3.8) is 0 Å². The molecule has 1 amide bonds. The highest BCUT2D eigenvalue weighted by Gasteiger charge is 2.24. The van der Waals surface area contributed by atoms with Crippen LogP contribution in [0.15, 0.2) is 18.2 Å². The van der Waals surface area contributed by atoms with Crippen molar-refractivity contribution in [2.45, 2.75) is 64.3 Å². The summed E-state index contributed by atoms with van der Waals surface area (Å²) in [6, 6.07) is 4.23. The van der Waals surface area contributed by atoms with Gasteiger partial charge < -0.3 is 14.4 Å². The maximum absolute atomic E-state index is 12.8. The second-order valence-electron chi connectivity index (χ2n) is 7.62. The first-order chi connectivity index (χ1) is 14.9. The summed E-state index contributed by atoms with van der Waals surface area (Å²) in [6.45, 7) is 2.48. The van der Waals surface area contributed by atoms with Crippen molar-refractivity contribution in [3.8, 4) is 5.75 Å². The smallest absolute Gasteiger partial charge is 0.302 e. The van der Waals surface area contributed by atoms with Gasteiger partial charge in [0.2, 0.25) is 5.91 Å². The Labute approximate surface area is 181 Å². The Morgan fingerprint density at radius 3 is 2.58 bits per heavy atom. The molecule has 9 nitrogen and oxygen atoms in total. The first-order valence-corrected chi connectivity index (χ1v) is 10.7. The van der Waals surface area contributed by atoms with E-state index in [2.05, 4.69) is 0 Å². The average molecular weight is 434 g/mol. The summed E-state index contributed by atoms with van der Waals surface area (Å²) in [5.41, 5.74) is -0.316. The number of nitro groups is 1. The minimum Gasteiger partial charge on any atom is -0.494 e. The first kappa shape index (κ1) is 24.3. The fraction of sp³-hybridized carbons (Fsp3) is 0.591. The van der Waals surface area contributed by atoms with Crippen LogP contribution in [-0.4, -0.2) is 53.8 Å². The normalized spacial score (nSPS) is 14.0. The Morgan fingerprint density at radius 2 is 1.94 bits per heavy atom. The number of esters is 1. The molecule has 1 aliphatic carbocycles. The van der Waals surface area contributed by atoms with Crippen LogP contribution in [0.1, 0.15) is 68.6 Å². The van der Waals surface area contributed by atoms with E-state index in [0.29, 0.717) is 44.4 Å². The molecule has 170 valence electrons. The Balaban J connectivity index is 1.84. The lowest BCUT2D eigenvalue weighted by Gasteiger charge is -2.34. The molecule has 1 aromatic rings. The lowest BCUT2D eigenvalue weighted by atomic mass is 9.93. The number of benzene rings is 1. The van der Waals surface area contributed by atoms with Gasteiger partial charge in [-0.2, -0.15) is 0 Å². The lowest BCUT2D eigenvalue weighted by molar-refractivity contribution is -0.385. The number of ether oxygens (including phenoxy) is 2. The third-order valence-corrected chi connectivity index (χ3v) is 5.31. The minimum absolute atomic E-state index is 0.0465. The zero-order chi connectivity index (χ0) is 22.6. The number of hydrogen-bond acceptors (Lipinski definition) is 7. The van der Waals surface area contributed by atoms with Crippen LogP contribution >= 0.6 is 0 Å². The van der Waals surface area contributed by atoms with Gasteiger partial charge in [-0.1, -0.05) is 19.3 Å². The second kappa shape index (κ2) is 12.7. The molecule has 1 saturated carbocycles. The summed E-state index contributed by atoms with van der Waals surface area (Å²) in [5.74, 6) is 0.0814. The maximum atomic E-state index is 12.8. The third kappa shape index (κ3) is 7.99. The molecule has 0 aliphatic heterocycles. The molecular weight excluding hydrogens is 404 g/mol. The van der Waals surface area contributed by atoms with Crippen LogP contribution in [0.4, 0.5) is 5.69 Å². The van der Waals surface area contributed by atoms with E-state index in [0.717, 1.165) is 25.7 Å². The van der Waals surface area contributed by atoms with Gasteiger partial charge in [-0.3, -0.25) is 24.5 Å². The van der Waals surface area contributed by atoms with E-state index in [-0.39, 0.29) is 35.8 Å². The van der Waals surface area contributed by atoms with E-state index < -0.39 is 4.92 Å². The maximum Gasteiger partial charge on any atom is 0.302 e. The van der Waals surface area contributed by atoms with Gasteiger partial charge in [0.1, 0.15) is 5.75 Å². The summed E-state index contributed by atoms with van der Waals surface area (Å²) < 4.78 is 10.6. The van der Waals surface area contributed by atoms with Crippen molar-refractivity contribution in [1.82, 2.24) is 4.90 Å². The molecule has 1 fully saturated rings. The molecular formula is C22H30N2O7. The van der Waals surface area contributed by atoms with Crippen LogP contribution < -0.4 is 4.74 Å². The van der Waals surface area contributed by atoms with Crippen molar-refractivity contribution in [3.05, 3.63) is 33.9 Å². The molecule has 0 heterocycles. The molecule has 0 radical (unpaired) electrons. The fourth-order valence-electron chi connectivity index (χ4n) is 3.79. The number of nitro benzene ring substituents is 1. The molecule has 0 bridgehead atoms. The molecule has 0 atom stereocenters. The fourth-order valence-corrected chi connectivity index (χ4v) is 3.79. The number of hydrogen-bond donors (Lipinski definition) is 0. The van der Waals surface area contributed by atoms with E-state index in [1.165, 1.54) is 31.5 Å². The molecule has 0 unspecified atom stereocenters. The van der Waals surface area contributed by atoms with Crippen LogP contribution in [0.3, 0.4) is 0 Å². The largest absolute Gasteiger partial charge is 0.494 e. The number of amides is 1. The van der Waals surface area contributed by atoms with Gasteiger partial charge >= 0.3 is 5.97 Å². The minimum atomic E-state index is -0.618. The van der Waals surface area contributed by atoms with Gasteiger partial charge in [0.25, 0.3) is 5.69 Å². The van der Waals surface area contributed by atoms with Gasteiger partial charge in [0.05, 0.1) is 23.7 Å². The second-order valence-corrected chi connectivity index (χ2v) is 7.62. The summed E-state index contributed by atoms with van der Waals surface area (Å²) in [7, 11) is 0. The number of nitrogens with zero attached hydrogens (tertiary/aromatic N) is 2. The monoisotopic (exact) mass is 434 g/mol. The number of rotatable bonds is 12. The van der Waals surface area contributed by atoms with Crippen molar-refractivity contribution in [2.75, 3.05) is 19.8 Å². The van der Waals surface area contributed by atoms with Gasteiger partial charge in [0, 0.05) is 32.0 Å². The van der Waals surface area contributed by atoms with Crippen molar-refractivity contribution >= 4 is 23.9 Å². The topological polar surface area (TPSA) is 116 Å². The highest BCUT2D eigenvalue weighted by atomic mass is 16.6. The average Bonchev–Trinajstić information content (AvgIpc) is 2.76. The summed E-state index contributed by atoms with van der Waals surface area (Å²) in [5, 5.41) is 10.9. The molecule has 2 rings (SSSR count). The lowest BCUT2D eigenvalue weighted by Crippen LogP contribution is -2.42. The van der Waals surface area contributed by atoms with Crippen molar-refractivity contribution in [2.24, 2.45) is 0 Å². The predicted octanol–water partition coefficient (Wildman–Crippen LogP) is 3.68. The SMILES string of the molecule is CC(=O)OCCCN(C(=O)CCCOc1ccc([N+](=O)[O-])c(C=O)c1)C1CCCCC1. The van der Waals surface area contributed by atoms with Crippen LogP contribution in [0, 0.1) is 10.1 Å². The van der Waals surface area contributed by atoms with E-state index in [4.69, 9.17) is 9.47 Å². The summed E-state index contributed by atoms with van der Waals surface area (Å²) >= 11 is 0. The van der Waals surface area contributed by atoms with E-state index in [1.807, 2.05) is 4.90 Å². The quantitative estimate of drug-likeness (QED) is 0.162. The van der Waals surface area contributed by atoms with E-state index in [9.17, 15) is 24.5 Å². The van der Waals surface area contributed by atoms with Crippen molar-refractivity contribution in [1.29, 1.82) is 0 Å². The number of carbonyl (C=O) groups is 3. The Hall–Kier alpha value is -2.97. The Morgan fingerprint density at radius 1 is 1.19 bits per heavy atom. The zero-order valence-corrected chi connectivity index (χ0v) is 17.9. The molecule has 0 aromatic heterocycles. The summed E-state index contributed by atoms with van der Waals surface area (Å²) in [4.78, 5) is 47.0. The molecule has 0 N–H and O–H groups in total. The van der Waals surface area contributed by atoms with Crippen LogP contribution in [0.5, 0.6) is 5.75 Å². The highest BCUT2D eigenvalue weighted by Crippen LogP contribution is 2.25. The van der Waals surface area contributed by atoms with Crippen LogP contribution in [-0.2, 0) is 14.3 Å². The third-order valence-electron chi connectivity index (χ3n) is 5.31.